The second-order valence-corrected chi connectivity index (χ2v) is 5.64. The Morgan fingerprint density at radius 1 is 1.08 bits per heavy atom. The highest BCUT2D eigenvalue weighted by atomic mass is 35.5. The molecule has 0 bridgehead atoms. The van der Waals surface area contributed by atoms with Crippen molar-refractivity contribution in [2.75, 3.05) is 19.9 Å². The van der Waals surface area contributed by atoms with Crippen LogP contribution >= 0.6 is 11.6 Å². The molecule has 0 aliphatic heterocycles. The minimum Gasteiger partial charge on any atom is -0.476 e. The van der Waals surface area contributed by atoms with Crippen LogP contribution in [0.25, 0.3) is 0 Å². The van der Waals surface area contributed by atoms with E-state index in [-0.39, 0.29) is 13.2 Å². The zero-order valence-electron chi connectivity index (χ0n) is 14.2. The Kier molecular flexibility index (Phi) is 8.00. The molecule has 0 fully saturated rings. The van der Waals surface area contributed by atoms with Crippen molar-refractivity contribution >= 4 is 29.6 Å². The Balaban J connectivity index is 2.35. The molecule has 1 amide bonds. The lowest BCUT2D eigenvalue weighted by Gasteiger charge is -2.24. The molecule has 8 nitrogen and oxygen atoms in total. The largest absolute Gasteiger partial charge is 0.476 e. The van der Waals surface area contributed by atoms with Gasteiger partial charge in [-0.05, 0) is 45.0 Å². The van der Waals surface area contributed by atoms with E-state index < -0.39 is 30.4 Å². The van der Waals surface area contributed by atoms with Crippen LogP contribution in [0.4, 0.5) is 4.79 Å². The quantitative estimate of drug-likeness (QED) is 0.551. The number of rotatable bonds is 8. The number of nitrogens with one attached hydrogen (secondary N) is 1. The molecule has 0 aliphatic carbocycles. The summed E-state index contributed by atoms with van der Waals surface area (Å²) in [7, 11) is 0. The first-order valence-corrected chi connectivity index (χ1v) is 7.80. The van der Waals surface area contributed by atoms with E-state index in [1.54, 1.807) is 31.2 Å². The van der Waals surface area contributed by atoms with Gasteiger partial charge in [0.2, 0.25) is 6.79 Å². The van der Waals surface area contributed by atoms with Crippen LogP contribution in [0.15, 0.2) is 24.3 Å². The first-order valence-electron chi connectivity index (χ1n) is 7.42. The highest BCUT2D eigenvalue weighted by molar-refractivity contribution is 6.30. The van der Waals surface area contributed by atoms with Crippen LogP contribution in [0.3, 0.4) is 0 Å². The lowest BCUT2D eigenvalue weighted by molar-refractivity contribution is -0.167. The Bertz CT molecular complexity index is 601. The normalized spacial score (nSPS) is 10.6. The molecule has 9 heteroatoms. The number of alkyl carbamates (subject to hydrolysis) is 1. The fourth-order valence-corrected chi connectivity index (χ4v) is 1.68. The maximum absolute atomic E-state index is 12.0. The number of benzene rings is 1. The molecule has 0 spiro atoms. The second kappa shape index (κ2) is 9.73. The third-order valence-electron chi connectivity index (χ3n) is 2.74. The number of esters is 2. The monoisotopic (exact) mass is 373 g/mol. The van der Waals surface area contributed by atoms with E-state index in [1.807, 2.05) is 0 Å². The maximum atomic E-state index is 12.0. The third kappa shape index (κ3) is 7.75. The van der Waals surface area contributed by atoms with Gasteiger partial charge in [0.05, 0.1) is 6.61 Å². The van der Waals surface area contributed by atoms with Crippen LogP contribution in [0.5, 0.6) is 5.75 Å². The minimum absolute atomic E-state index is 0.204. The number of halogens is 1. The molecule has 1 aromatic carbocycles. The first-order chi connectivity index (χ1) is 11.7. The summed E-state index contributed by atoms with van der Waals surface area (Å²) in [6, 6.07) is 6.46. The van der Waals surface area contributed by atoms with Crippen molar-refractivity contribution < 1.29 is 33.3 Å². The first kappa shape index (κ1) is 20.6. The van der Waals surface area contributed by atoms with Crippen LogP contribution in [0, 0.1) is 0 Å². The SMILES string of the molecule is CCOC(=O)CNC(=O)OCOC(=O)C(C)(C)Oc1ccc(Cl)cc1. The minimum atomic E-state index is -1.31. The zero-order valence-corrected chi connectivity index (χ0v) is 14.9. The smallest absolute Gasteiger partial charge is 0.410 e. The molecule has 0 saturated heterocycles. The number of hydrogen-bond donors (Lipinski definition) is 1. The van der Waals surface area contributed by atoms with Crippen molar-refractivity contribution in [2.45, 2.75) is 26.4 Å². The van der Waals surface area contributed by atoms with Gasteiger partial charge in [-0.15, -0.1) is 0 Å². The molecule has 1 aromatic rings. The number of carbonyl (C=O) groups is 3. The standard InChI is InChI=1S/C16H20ClNO7/c1-4-22-13(19)9-18-15(21)24-10-23-14(20)16(2,3)25-12-7-5-11(17)6-8-12/h5-8H,4,9-10H2,1-3H3,(H,18,21). The molecule has 0 aliphatic rings. The van der Waals surface area contributed by atoms with E-state index in [0.717, 1.165) is 0 Å². The van der Waals surface area contributed by atoms with Gasteiger partial charge >= 0.3 is 18.0 Å². The summed E-state index contributed by atoms with van der Waals surface area (Å²) < 4.78 is 19.6. The molecule has 0 radical (unpaired) electrons. The molecular formula is C16H20ClNO7. The van der Waals surface area contributed by atoms with E-state index in [2.05, 4.69) is 14.8 Å². The predicted molar refractivity (Wildman–Crippen MR) is 88.2 cm³/mol. The molecule has 1 N–H and O–H groups in total. The average Bonchev–Trinajstić information content (AvgIpc) is 2.55. The van der Waals surface area contributed by atoms with Crippen LogP contribution in [0.2, 0.25) is 5.02 Å². The van der Waals surface area contributed by atoms with Crippen molar-refractivity contribution in [1.29, 1.82) is 0 Å². The van der Waals surface area contributed by atoms with Gasteiger partial charge in [0.1, 0.15) is 12.3 Å². The maximum Gasteiger partial charge on any atom is 0.410 e. The summed E-state index contributed by atoms with van der Waals surface area (Å²) in [6.45, 7) is 3.89. The molecule has 138 valence electrons. The summed E-state index contributed by atoms with van der Waals surface area (Å²) in [5.41, 5.74) is -1.31. The van der Waals surface area contributed by atoms with E-state index in [1.165, 1.54) is 13.8 Å². The van der Waals surface area contributed by atoms with Gasteiger partial charge in [-0.1, -0.05) is 11.6 Å². The summed E-state index contributed by atoms with van der Waals surface area (Å²) in [6.07, 6.45) is -0.919. The van der Waals surface area contributed by atoms with Crippen LogP contribution in [-0.2, 0) is 23.8 Å². The Labute approximate surface area is 150 Å². The lowest BCUT2D eigenvalue weighted by atomic mass is 10.1. The second-order valence-electron chi connectivity index (χ2n) is 5.21. The zero-order chi connectivity index (χ0) is 18.9. The number of amides is 1. The van der Waals surface area contributed by atoms with Gasteiger partial charge in [0.25, 0.3) is 0 Å². The fourth-order valence-electron chi connectivity index (χ4n) is 1.56. The molecule has 0 aromatic heterocycles. The molecule has 0 saturated carbocycles. The molecule has 0 heterocycles. The summed E-state index contributed by atoms with van der Waals surface area (Å²) in [5.74, 6) is -0.908. The highest BCUT2D eigenvalue weighted by Gasteiger charge is 2.32. The third-order valence-corrected chi connectivity index (χ3v) is 2.99. The van der Waals surface area contributed by atoms with Gasteiger partial charge in [0, 0.05) is 5.02 Å². The lowest BCUT2D eigenvalue weighted by Crippen LogP contribution is -2.40. The van der Waals surface area contributed by atoms with E-state index in [0.29, 0.717) is 10.8 Å². The Morgan fingerprint density at radius 2 is 1.72 bits per heavy atom. The van der Waals surface area contributed by atoms with Gasteiger partial charge in [-0.2, -0.15) is 0 Å². The van der Waals surface area contributed by atoms with Crippen LogP contribution in [-0.4, -0.2) is 43.6 Å². The molecular weight excluding hydrogens is 354 g/mol. The van der Waals surface area contributed by atoms with Crippen molar-refractivity contribution in [3.05, 3.63) is 29.3 Å². The summed E-state index contributed by atoms with van der Waals surface area (Å²) >= 11 is 5.78. The Morgan fingerprint density at radius 3 is 2.32 bits per heavy atom. The molecule has 1 rings (SSSR count). The van der Waals surface area contributed by atoms with Crippen molar-refractivity contribution in [2.24, 2.45) is 0 Å². The molecule has 0 atom stereocenters. The summed E-state index contributed by atoms with van der Waals surface area (Å²) in [4.78, 5) is 34.4. The number of hydrogen-bond acceptors (Lipinski definition) is 7. The average molecular weight is 374 g/mol. The number of carbonyl (C=O) groups excluding carboxylic acids is 3. The van der Waals surface area contributed by atoms with E-state index in [4.69, 9.17) is 21.1 Å². The van der Waals surface area contributed by atoms with Gasteiger partial charge in [-0.3, -0.25) is 4.79 Å². The number of ether oxygens (including phenoxy) is 4. The van der Waals surface area contributed by atoms with E-state index in [9.17, 15) is 14.4 Å². The van der Waals surface area contributed by atoms with Gasteiger partial charge < -0.3 is 24.3 Å². The van der Waals surface area contributed by atoms with Crippen LogP contribution in [0.1, 0.15) is 20.8 Å². The molecule has 25 heavy (non-hydrogen) atoms. The Hall–Kier alpha value is -2.48. The summed E-state index contributed by atoms with van der Waals surface area (Å²) in [5, 5.41) is 2.69. The van der Waals surface area contributed by atoms with Crippen molar-refractivity contribution in [1.82, 2.24) is 5.32 Å². The molecule has 0 unspecified atom stereocenters. The van der Waals surface area contributed by atoms with Gasteiger partial charge in [-0.25, -0.2) is 9.59 Å². The van der Waals surface area contributed by atoms with Gasteiger partial charge in [0.15, 0.2) is 5.60 Å². The fraction of sp³-hybridized carbons (Fsp3) is 0.438. The van der Waals surface area contributed by atoms with Crippen molar-refractivity contribution in [3.63, 3.8) is 0 Å². The highest BCUT2D eigenvalue weighted by Crippen LogP contribution is 2.21. The van der Waals surface area contributed by atoms with Crippen LogP contribution < -0.4 is 10.1 Å². The van der Waals surface area contributed by atoms with E-state index >= 15 is 0 Å². The topological polar surface area (TPSA) is 100 Å². The van der Waals surface area contributed by atoms with Crippen molar-refractivity contribution in [3.8, 4) is 5.75 Å². The predicted octanol–water partition coefficient (Wildman–Crippen LogP) is 2.29.